The summed E-state index contributed by atoms with van der Waals surface area (Å²) in [5.41, 5.74) is 0.398. The third-order valence-electron chi connectivity index (χ3n) is 3.85. The minimum absolute atomic E-state index is 0.00880. The molecule has 0 aromatic heterocycles. The topological polar surface area (TPSA) is 52.6 Å². The zero-order valence-corrected chi connectivity index (χ0v) is 16.9. The highest BCUT2D eigenvalue weighted by molar-refractivity contribution is 9.10. The van der Waals surface area contributed by atoms with E-state index in [9.17, 15) is 9.59 Å². The van der Waals surface area contributed by atoms with Crippen molar-refractivity contribution in [3.8, 4) is 0 Å². The average molecular weight is 399 g/mol. The molecule has 1 rings (SSSR count). The lowest BCUT2D eigenvalue weighted by atomic mass is 9.92. The Morgan fingerprint density at radius 2 is 1.83 bits per heavy atom. The number of esters is 1. The van der Waals surface area contributed by atoms with Crippen molar-refractivity contribution in [3.63, 3.8) is 0 Å². The molecule has 0 aliphatic rings. The largest absolute Gasteiger partial charge is 0.434 e. The first kappa shape index (κ1) is 20.8. The number of carbonyl (C=O) groups excluding carboxylic acids is 2. The number of hydrogen-bond donors (Lipinski definition) is 0. The molecule has 0 fully saturated rings. The van der Waals surface area contributed by atoms with E-state index in [1.165, 1.54) is 6.92 Å². The van der Waals surface area contributed by atoms with Crippen LogP contribution in [0.25, 0.3) is 0 Å². The van der Waals surface area contributed by atoms with Crippen LogP contribution in [-0.4, -0.2) is 23.1 Å². The Labute approximate surface area is 153 Å². The van der Waals surface area contributed by atoms with Crippen LogP contribution in [0.2, 0.25) is 0 Å². The molecule has 5 heteroatoms. The average Bonchev–Trinajstić information content (AvgIpc) is 2.42. The highest BCUT2D eigenvalue weighted by Gasteiger charge is 2.32. The second kappa shape index (κ2) is 8.26. The summed E-state index contributed by atoms with van der Waals surface area (Å²) in [6, 6.07) is 7.41. The summed E-state index contributed by atoms with van der Waals surface area (Å²) >= 11 is 3.39. The molecule has 0 spiro atoms. The van der Waals surface area contributed by atoms with E-state index in [2.05, 4.69) is 15.9 Å². The number of hydrogen-bond acceptors (Lipinski definition) is 4. The van der Waals surface area contributed by atoms with Gasteiger partial charge in [0, 0.05) is 18.3 Å². The molecule has 0 saturated heterocycles. The number of halogens is 1. The van der Waals surface area contributed by atoms with E-state index in [0.29, 0.717) is 0 Å². The third-order valence-corrected chi connectivity index (χ3v) is 4.34. The van der Waals surface area contributed by atoms with Gasteiger partial charge in [-0.15, -0.1) is 0 Å². The van der Waals surface area contributed by atoms with Crippen molar-refractivity contribution in [1.29, 1.82) is 0 Å². The summed E-state index contributed by atoms with van der Waals surface area (Å²) in [7, 11) is 0. The molecule has 4 nitrogen and oxygen atoms in total. The first-order valence-electron chi connectivity index (χ1n) is 8.13. The van der Waals surface area contributed by atoms with E-state index in [1.807, 2.05) is 45.0 Å². The van der Waals surface area contributed by atoms with Crippen LogP contribution < -0.4 is 0 Å². The number of ether oxygens (including phenoxy) is 2. The van der Waals surface area contributed by atoms with Gasteiger partial charge < -0.3 is 9.47 Å². The van der Waals surface area contributed by atoms with E-state index < -0.39 is 23.3 Å². The summed E-state index contributed by atoms with van der Waals surface area (Å²) in [6.45, 7) is 10.8. The molecule has 1 unspecified atom stereocenters. The Bertz CT molecular complexity index is 593. The van der Waals surface area contributed by atoms with Crippen LogP contribution in [-0.2, 0) is 19.1 Å². The second-order valence-corrected chi connectivity index (χ2v) is 7.93. The van der Waals surface area contributed by atoms with E-state index in [1.54, 1.807) is 13.8 Å². The molecule has 0 amide bonds. The molecule has 0 aliphatic carbocycles. The summed E-state index contributed by atoms with van der Waals surface area (Å²) in [6.07, 6.45) is 0.785. The summed E-state index contributed by atoms with van der Waals surface area (Å²) in [4.78, 5) is 24.3. The van der Waals surface area contributed by atoms with Crippen LogP contribution >= 0.6 is 15.9 Å². The standard InChI is InChI=1S/C19H27BrO4/c1-7-18(3,4)24-19(5,6)23-17(22)12-16(13(2)21)14-9-8-10-15(20)11-14/h8-11,16H,7,12H2,1-6H3. The second-order valence-electron chi connectivity index (χ2n) is 7.01. The molecule has 1 aromatic rings. The molecule has 0 bridgehead atoms. The number of ketones is 1. The van der Waals surface area contributed by atoms with E-state index in [-0.39, 0.29) is 12.2 Å². The van der Waals surface area contributed by atoms with Gasteiger partial charge in [-0.05, 0) is 44.9 Å². The Kier molecular flexibility index (Phi) is 7.17. The van der Waals surface area contributed by atoms with Crippen molar-refractivity contribution < 1.29 is 19.1 Å². The Morgan fingerprint density at radius 1 is 1.21 bits per heavy atom. The van der Waals surface area contributed by atoms with Gasteiger partial charge in [0.15, 0.2) is 0 Å². The number of rotatable bonds is 8. The van der Waals surface area contributed by atoms with Gasteiger partial charge in [0.2, 0.25) is 5.79 Å². The van der Waals surface area contributed by atoms with E-state index in [4.69, 9.17) is 9.47 Å². The maximum Gasteiger partial charge on any atom is 0.309 e. The predicted molar refractivity (Wildman–Crippen MR) is 97.8 cm³/mol. The van der Waals surface area contributed by atoms with Crippen LogP contribution in [0.4, 0.5) is 0 Å². The van der Waals surface area contributed by atoms with Crippen molar-refractivity contribution >= 4 is 27.7 Å². The molecule has 0 N–H and O–H groups in total. The minimum atomic E-state index is -1.05. The quantitative estimate of drug-likeness (QED) is 0.456. The highest BCUT2D eigenvalue weighted by atomic mass is 79.9. The number of carbonyl (C=O) groups is 2. The van der Waals surface area contributed by atoms with Crippen LogP contribution in [0.5, 0.6) is 0 Å². The highest BCUT2D eigenvalue weighted by Crippen LogP contribution is 2.28. The molecular weight excluding hydrogens is 372 g/mol. The minimum Gasteiger partial charge on any atom is -0.434 e. The summed E-state index contributed by atoms with van der Waals surface area (Å²) in [5, 5.41) is 0. The fourth-order valence-electron chi connectivity index (χ4n) is 2.46. The lowest BCUT2D eigenvalue weighted by Gasteiger charge is -2.35. The molecule has 1 atom stereocenters. The maximum atomic E-state index is 12.3. The number of Topliss-reactive ketones (excluding diaryl/α,β-unsaturated/α-hetero) is 1. The van der Waals surface area contributed by atoms with Crippen LogP contribution in [0.1, 0.15) is 65.9 Å². The summed E-state index contributed by atoms with van der Waals surface area (Å²) < 4.78 is 12.2. The molecule has 1 aromatic carbocycles. The van der Waals surface area contributed by atoms with Gasteiger partial charge in [-0.1, -0.05) is 35.0 Å². The Balaban J connectivity index is 2.81. The van der Waals surface area contributed by atoms with Gasteiger partial charge in [-0.2, -0.15) is 0 Å². The SMILES string of the molecule is CCC(C)(C)OC(C)(C)OC(=O)CC(C(C)=O)c1cccc(Br)c1. The molecule has 24 heavy (non-hydrogen) atoms. The Morgan fingerprint density at radius 3 is 2.33 bits per heavy atom. The van der Waals surface area contributed by atoms with Crippen molar-refractivity contribution in [2.75, 3.05) is 0 Å². The van der Waals surface area contributed by atoms with E-state index >= 15 is 0 Å². The Hall–Kier alpha value is -1.20. The first-order valence-corrected chi connectivity index (χ1v) is 8.93. The van der Waals surface area contributed by atoms with Crippen molar-refractivity contribution in [1.82, 2.24) is 0 Å². The van der Waals surface area contributed by atoms with Crippen molar-refractivity contribution in [3.05, 3.63) is 34.3 Å². The first-order chi connectivity index (χ1) is 11.0. The van der Waals surface area contributed by atoms with E-state index in [0.717, 1.165) is 16.5 Å². The lowest BCUT2D eigenvalue weighted by Crippen LogP contribution is -2.40. The smallest absolute Gasteiger partial charge is 0.309 e. The molecule has 0 aliphatic heterocycles. The van der Waals surface area contributed by atoms with Crippen LogP contribution in [0.3, 0.4) is 0 Å². The van der Waals surface area contributed by atoms with Gasteiger partial charge in [0.05, 0.1) is 17.9 Å². The summed E-state index contributed by atoms with van der Waals surface area (Å²) in [5.74, 6) is -2.09. The number of benzene rings is 1. The fraction of sp³-hybridized carbons (Fsp3) is 0.579. The van der Waals surface area contributed by atoms with Gasteiger partial charge in [0.25, 0.3) is 0 Å². The van der Waals surface area contributed by atoms with Crippen LogP contribution in [0.15, 0.2) is 28.7 Å². The molecular formula is C19H27BrO4. The maximum absolute atomic E-state index is 12.3. The fourth-order valence-corrected chi connectivity index (χ4v) is 2.88. The normalized spacial score (nSPS) is 13.5. The zero-order chi connectivity index (χ0) is 18.5. The van der Waals surface area contributed by atoms with Crippen molar-refractivity contribution in [2.45, 2.75) is 71.7 Å². The van der Waals surface area contributed by atoms with Gasteiger partial charge in [-0.3, -0.25) is 9.59 Å². The molecule has 134 valence electrons. The lowest BCUT2D eigenvalue weighted by molar-refractivity contribution is -0.253. The van der Waals surface area contributed by atoms with Gasteiger partial charge in [-0.25, -0.2) is 0 Å². The monoisotopic (exact) mass is 398 g/mol. The molecule has 0 radical (unpaired) electrons. The van der Waals surface area contributed by atoms with Gasteiger partial charge in [0.1, 0.15) is 5.78 Å². The predicted octanol–water partition coefficient (Wildman–Crippen LogP) is 5.00. The molecule has 0 saturated carbocycles. The third kappa shape index (κ3) is 6.73. The zero-order valence-electron chi connectivity index (χ0n) is 15.3. The molecule has 0 heterocycles. The van der Waals surface area contributed by atoms with Crippen molar-refractivity contribution in [2.24, 2.45) is 0 Å². The van der Waals surface area contributed by atoms with Gasteiger partial charge >= 0.3 is 5.97 Å². The van der Waals surface area contributed by atoms with Crippen LogP contribution in [0, 0.1) is 0 Å².